The van der Waals surface area contributed by atoms with E-state index in [2.05, 4.69) is 33.2 Å². The van der Waals surface area contributed by atoms with E-state index in [0.29, 0.717) is 48.8 Å². The first-order valence-electron chi connectivity index (χ1n) is 12.5. The largest absolute Gasteiger partial charge is 0.489 e. The number of hydrogen-bond acceptors (Lipinski definition) is 9. The molecule has 5 rings (SSSR count). The van der Waals surface area contributed by atoms with Crippen molar-refractivity contribution in [3.05, 3.63) is 52.9 Å². The van der Waals surface area contributed by atoms with Crippen LogP contribution in [0, 0.1) is 0 Å². The molecule has 10 heteroatoms. The second-order valence-corrected chi connectivity index (χ2v) is 9.98. The molecule has 3 heterocycles. The fourth-order valence-corrected chi connectivity index (χ4v) is 5.07. The molecule has 196 valence electrons. The van der Waals surface area contributed by atoms with Gasteiger partial charge in [0.05, 0.1) is 48.5 Å². The van der Waals surface area contributed by atoms with Crippen LogP contribution < -0.4 is 15.0 Å². The summed E-state index contributed by atoms with van der Waals surface area (Å²) >= 11 is 6.71. The van der Waals surface area contributed by atoms with Crippen molar-refractivity contribution in [2.45, 2.75) is 25.2 Å². The number of anilines is 3. The maximum absolute atomic E-state index is 9.97. The summed E-state index contributed by atoms with van der Waals surface area (Å²) in [6, 6.07) is 7.72. The van der Waals surface area contributed by atoms with Crippen molar-refractivity contribution in [3.63, 3.8) is 0 Å². The smallest absolute Gasteiger partial charge is 0.227 e. The van der Waals surface area contributed by atoms with Gasteiger partial charge < -0.3 is 29.5 Å². The maximum Gasteiger partial charge on any atom is 0.227 e. The molecule has 0 saturated carbocycles. The second kappa shape index (κ2) is 11.2. The normalized spacial score (nSPS) is 19.1. The lowest BCUT2D eigenvalue weighted by atomic mass is 9.85. The summed E-state index contributed by atoms with van der Waals surface area (Å²) < 4.78 is 16.7. The minimum absolute atomic E-state index is 0.0920. The van der Waals surface area contributed by atoms with Gasteiger partial charge in [0, 0.05) is 55.3 Å². The van der Waals surface area contributed by atoms with E-state index in [-0.39, 0.29) is 12.0 Å². The number of benzene rings is 1. The van der Waals surface area contributed by atoms with E-state index in [1.807, 2.05) is 24.4 Å². The maximum atomic E-state index is 9.97. The Morgan fingerprint density at radius 1 is 1.19 bits per heavy atom. The average Bonchev–Trinajstić information content (AvgIpc) is 3.27. The monoisotopic (exact) mass is 525 g/mol. The number of pyridine rings is 1. The first-order chi connectivity index (χ1) is 18.0. The molecule has 0 bridgehead atoms. The van der Waals surface area contributed by atoms with Crippen molar-refractivity contribution < 1.29 is 19.3 Å². The van der Waals surface area contributed by atoms with E-state index >= 15 is 0 Å². The summed E-state index contributed by atoms with van der Waals surface area (Å²) in [5.74, 6) is 1.05. The summed E-state index contributed by atoms with van der Waals surface area (Å²) in [4.78, 5) is 16.0. The first kappa shape index (κ1) is 25.7. The van der Waals surface area contributed by atoms with Crippen LogP contribution >= 0.6 is 11.6 Å². The average molecular weight is 526 g/mol. The Kier molecular flexibility index (Phi) is 7.76. The lowest BCUT2D eigenvalue weighted by Gasteiger charge is -2.30. The minimum Gasteiger partial charge on any atom is -0.489 e. The van der Waals surface area contributed by atoms with Crippen LogP contribution in [0.4, 0.5) is 17.3 Å². The second-order valence-electron chi connectivity index (χ2n) is 9.57. The van der Waals surface area contributed by atoms with Gasteiger partial charge in [-0.3, -0.25) is 4.98 Å². The number of ether oxygens (including phenoxy) is 3. The van der Waals surface area contributed by atoms with Crippen molar-refractivity contribution in [2.24, 2.45) is 0 Å². The molecule has 0 radical (unpaired) electrons. The number of aliphatic hydroxyl groups is 1. The SMILES string of the molecule is COCCOc1cc(N2CCOCC2)c(Cl)cc1Nc1nccc(-c2cnc3c(c2)C(C)(CO)CC3)n1. The number of fused-ring (bicyclic) bond motifs is 1. The van der Waals surface area contributed by atoms with Crippen molar-refractivity contribution >= 4 is 28.9 Å². The number of methoxy groups -OCH3 is 1. The van der Waals surface area contributed by atoms with Gasteiger partial charge >= 0.3 is 0 Å². The zero-order chi connectivity index (χ0) is 25.8. The van der Waals surface area contributed by atoms with E-state index in [4.69, 9.17) is 30.8 Å². The molecule has 37 heavy (non-hydrogen) atoms. The molecule has 1 unspecified atom stereocenters. The van der Waals surface area contributed by atoms with Gasteiger partial charge in [0.15, 0.2) is 0 Å². The Balaban J connectivity index is 1.43. The quantitative estimate of drug-likeness (QED) is 0.401. The van der Waals surface area contributed by atoms with Crippen LogP contribution in [0.5, 0.6) is 5.75 Å². The number of halogens is 1. The lowest BCUT2D eigenvalue weighted by Crippen LogP contribution is -2.36. The summed E-state index contributed by atoms with van der Waals surface area (Å²) in [6.45, 7) is 5.86. The highest BCUT2D eigenvalue weighted by atomic mass is 35.5. The summed E-state index contributed by atoms with van der Waals surface area (Å²) in [5.41, 5.74) is 5.02. The molecule has 3 aromatic rings. The predicted octanol–water partition coefficient (Wildman–Crippen LogP) is 3.99. The van der Waals surface area contributed by atoms with E-state index in [1.54, 1.807) is 13.3 Å². The van der Waals surface area contributed by atoms with Crippen LogP contribution in [-0.2, 0) is 21.3 Å². The molecule has 1 aromatic carbocycles. The van der Waals surface area contributed by atoms with E-state index in [0.717, 1.165) is 54.1 Å². The fraction of sp³-hybridized carbons (Fsp3) is 0.444. The Hall–Kier alpha value is -2.98. The molecule has 1 atom stereocenters. The Labute approximate surface area is 221 Å². The lowest BCUT2D eigenvalue weighted by molar-refractivity contribution is 0.122. The van der Waals surface area contributed by atoms with Gasteiger partial charge in [0.1, 0.15) is 12.4 Å². The van der Waals surface area contributed by atoms with Gasteiger partial charge in [0.25, 0.3) is 0 Å². The van der Waals surface area contributed by atoms with E-state index < -0.39 is 0 Å². The first-order valence-corrected chi connectivity index (χ1v) is 12.9. The van der Waals surface area contributed by atoms with Crippen LogP contribution in [0.2, 0.25) is 5.02 Å². The fourth-order valence-electron chi connectivity index (χ4n) is 4.79. The van der Waals surface area contributed by atoms with Crippen LogP contribution in [0.25, 0.3) is 11.3 Å². The van der Waals surface area contributed by atoms with Gasteiger partial charge in [0.2, 0.25) is 5.95 Å². The molecule has 0 amide bonds. The molecule has 9 nitrogen and oxygen atoms in total. The molecule has 1 fully saturated rings. The summed E-state index contributed by atoms with van der Waals surface area (Å²) in [7, 11) is 1.64. The number of nitrogens with one attached hydrogen (secondary N) is 1. The molecule has 2 N–H and O–H groups in total. The number of rotatable bonds is 9. The Morgan fingerprint density at radius 2 is 2.03 bits per heavy atom. The van der Waals surface area contributed by atoms with Crippen molar-refractivity contribution in [1.82, 2.24) is 15.0 Å². The predicted molar refractivity (Wildman–Crippen MR) is 143 cm³/mol. The Bertz CT molecular complexity index is 1250. The topological polar surface area (TPSA) is 102 Å². The third kappa shape index (κ3) is 5.50. The highest BCUT2D eigenvalue weighted by Crippen LogP contribution is 2.40. The standard InChI is InChI=1S/C27H32ClN5O4/c1-27(17-34)5-3-22-19(27)13-18(16-30-22)21-4-6-29-26(31-21)32-23-14-20(28)24(33-7-9-36-10-8-33)15-25(23)37-12-11-35-2/h4,6,13-16,34H,3,5,7-12,17H2,1-2H3,(H,29,31,32). The molecule has 0 spiro atoms. The van der Waals surface area contributed by atoms with Gasteiger partial charge in [-0.15, -0.1) is 0 Å². The van der Waals surface area contributed by atoms with E-state index in [9.17, 15) is 5.11 Å². The number of aryl methyl sites for hydroxylation is 1. The number of aliphatic hydroxyl groups excluding tert-OH is 1. The van der Waals surface area contributed by atoms with Crippen molar-refractivity contribution in [3.8, 4) is 17.0 Å². The van der Waals surface area contributed by atoms with Crippen LogP contribution in [0.15, 0.2) is 36.7 Å². The molecule has 1 aliphatic heterocycles. The third-order valence-corrected chi connectivity index (χ3v) is 7.33. The number of hydrogen-bond donors (Lipinski definition) is 2. The van der Waals surface area contributed by atoms with Crippen molar-refractivity contribution in [1.29, 1.82) is 0 Å². The van der Waals surface area contributed by atoms with Gasteiger partial charge in [-0.1, -0.05) is 18.5 Å². The van der Waals surface area contributed by atoms with Crippen LogP contribution in [0.1, 0.15) is 24.6 Å². The van der Waals surface area contributed by atoms with Gasteiger partial charge in [-0.25, -0.2) is 9.97 Å². The number of morpholine rings is 1. The zero-order valence-corrected chi connectivity index (χ0v) is 21.9. The molecule has 1 aliphatic carbocycles. The Morgan fingerprint density at radius 3 is 2.81 bits per heavy atom. The molecule has 2 aromatic heterocycles. The highest BCUT2D eigenvalue weighted by Gasteiger charge is 2.35. The molecule has 1 saturated heterocycles. The minimum atomic E-state index is -0.278. The van der Waals surface area contributed by atoms with E-state index in [1.165, 1.54) is 0 Å². The third-order valence-electron chi connectivity index (χ3n) is 7.03. The zero-order valence-electron chi connectivity index (χ0n) is 21.2. The number of nitrogens with zero attached hydrogens (tertiary/aromatic N) is 4. The van der Waals surface area contributed by atoms with Crippen LogP contribution in [0.3, 0.4) is 0 Å². The van der Waals surface area contributed by atoms with Gasteiger partial charge in [-0.05, 0) is 36.6 Å². The molecular formula is C27H32ClN5O4. The van der Waals surface area contributed by atoms with Crippen LogP contribution in [-0.4, -0.2) is 73.3 Å². The summed E-state index contributed by atoms with van der Waals surface area (Å²) in [6.07, 6.45) is 5.30. The summed E-state index contributed by atoms with van der Waals surface area (Å²) in [5, 5.41) is 13.9. The number of aromatic nitrogens is 3. The molecular weight excluding hydrogens is 494 g/mol. The highest BCUT2D eigenvalue weighted by molar-refractivity contribution is 6.33. The van der Waals surface area contributed by atoms with Gasteiger partial charge in [-0.2, -0.15) is 0 Å². The molecule has 2 aliphatic rings. The van der Waals surface area contributed by atoms with Crippen molar-refractivity contribution in [2.75, 3.05) is 63.5 Å².